The lowest BCUT2D eigenvalue weighted by Gasteiger charge is -2.18. The lowest BCUT2D eigenvalue weighted by molar-refractivity contribution is -0.166. The number of esters is 3. The number of allylic oxidation sites excluding steroid dienone is 8. The second-order valence-electron chi connectivity index (χ2n) is 8.96. The predicted octanol–water partition coefficient (Wildman–Crippen LogP) is 7.73. The molecule has 210 valence electrons. The van der Waals surface area contributed by atoms with Gasteiger partial charge in [-0.25, -0.2) is 0 Å². The van der Waals surface area contributed by atoms with Gasteiger partial charge in [0, 0.05) is 19.3 Å². The first-order valence-corrected chi connectivity index (χ1v) is 14.1. The molecule has 0 N–H and O–H groups in total. The van der Waals surface area contributed by atoms with Crippen LogP contribution in [0.3, 0.4) is 0 Å². The van der Waals surface area contributed by atoms with Crippen LogP contribution in [0.5, 0.6) is 0 Å². The molecule has 0 aromatic carbocycles. The van der Waals surface area contributed by atoms with Crippen LogP contribution in [0.25, 0.3) is 0 Å². The Morgan fingerprint density at radius 2 is 1.00 bits per heavy atom. The van der Waals surface area contributed by atoms with E-state index in [1.807, 2.05) is 13.8 Å². The SMILES string of the molecule is CCCCC/C=C\C/C=C\C/C=C\C/C=C\CCCC(=O)OC(COC(=O)CCC)COC(=O)CCC. The van der Waals surface area contributed by atoms with Crippen molar-refractivity contribution in [1.29, 1.82) is 0 Å². The van der Waals surface area contributed by atoms with Crippen molar-refractivity contribution in [3.05, 3.63) is 48.6 Å². The second-order valence-corrected chi connectivity index (χ2v) is 8.96. The van der Waals surface area contributed by atoms with Gasteiger partial charge < -0.3 is 14.2 Å². The lowest BCUT2D eigenvalue weighted by atomic mass is 10.2. The Hall–Kier alpha value is -2.63. The summed E-state index contributed by atoms with van der Waals surface area (Å²) in [5.41, 5.74) is 0. The van der Waals surface area contributed by atoms with E-state index in [0.29, 0.717) is 32.1 Å². The van der Waals surface area contributed by atoms with Crippen LogP contribution >= 0.6 is 0 Å². The van der Waals surface area contributed by atoms with Crippen molar-refractivity contribution in [2.75, 3.05) is 13.2 Å². The molecule has 0 aliphatic heterocycles. The highest BCUT2D eigenvalue weighted by Crippen LogP contribution is 2.06. The topological polar surface area (TPSA) is 78.9 Å². The van der Waals surface area contributed by atoms with E-state index < -0.39 is 6.10 Å². The molecule has 0 spiro atoms. The van der Waals surface area contributed by atoms with Crippen molar-refractivity contribution >= 4 is 17.9 Å². The van der Waals surface area contributed by atoms with Gasteiger partial charge in [0.05, 0.1) is 0 Å². The molecular formula is C31H50O6. The molecule has 0 aliphatic carbocycles. The number of ether oxygens (including phenoxy) is 3. The molecule has 0 atom stereocenters. The van der Waals surface area contributed by atoms with Crippen LogP contribution in [0.4, 0.5) is 0 Å². The summed E-state index contributed by atoms with van der Waals surface area (Å²) in [5.74, 6) is -1.10. The van der Waals surface area contributed by atoms with Gasteiger partial charge in [-0.1, -0.05) is 82.2 Å². The van der Waals surface area contributed by atoms with Crippen molar-refractivity contribution in [3.8, 4) is 0 Å². The minimum atomic E-state index is -0.786. The van der Waals surface area contributed by atoms with Gasteiger partial charge in [-0.15, -0.1) is 0 Å². The molecule has 0 radical (unpaired) electrons. The van der Waals surface area contributed by atoms with E-state index in [0.717, 1.165) is 25.7 Å². The van der Waals surface area contributed by atoms with Crippen LogP contribution in [0, 0.1) is 0 Å². The van der Waals surface area contributed by atoms with E-state index in [-0.39, 0.29) is 37.5 Å². The Balaban J connectivity index is 4.08. The zero-order valence-corrected chi connectivity index (χ0v) is 23.5. The van der Waals surface area contributed by atoms with Crippen LogP contribution in [0.2, 0.25) is 0 Å². The highest BCUT2D eigenvalue weighted by Gasteiger charge is 2.19. The van der Waals surface area contributed by atoms with E-state index in [9.17, 15) is 14.4 Å². The number of unbranched alkanes of at least 4 members (excludes halogenated alkanes) is 4. The highest BCUT2D eigenvalue weighted by molar-refractivity contribution is 5.71. The smallest absolute Gasteiger partial charge is 0.306 e. The molecule has 0 aliphatic rings. The average molecular weight is 519 g/mol. The highest BCUT2D eigenvalue weighted by atomic mass is 16.6. The standard InChI is InChI=1S/C31H50O6/c1-4-7-8-9-10-11-12-13-14-15-16-17-18-19-20-21-22-25-31(34)37-28(26-35-29(32)23-5-2)27-36-30(33)24-6-3/h10-11,13-14,16-17,19-20,28H,4-9,12,15,18,21-27H2,1-3H3/b11-10-,14-13-,17-16-,20-19-. The molecule has 0 bridgehead atoms. The maximum atomic E-state index is 12.2. The van der Waals surface area contributed by atoms with Crippen LogP contribution in [0.15, 0.2) is 48.6 Å². The van der Waals surface area contributed by atoms with Crippen LogP contribution in [-0.2, 0) is 28.6 Å². The maximum Gasteiger partial charge on any atom is 0.306 e. The molecule has 6 nitrogen and oxygen atoms in total. The molecule has 0 fully saturated rings. The molecule has 0 unspecified atom stereocenters. The molecule has 0 saturated heterocycles. The Labute approximate surface area is 225 Å². The molecular weight excluding hydrogens is 468 g/mol. The number of carbonyl (C=O) groups excluding carboxylic acids is 3. The molecule has 0 aromatic heterocycles. The average Bonchev–Trinajstić information content (AvgIpc) is 2.87. The van der Waals surface area contributed by atoms with Gasteiger partial charge in [0.2, 0.25) is 0 Å². The number of hydrogen-bond acceptors (Lipinski definition) is 6. The van der Waals surface area contributed by atoms with Crippen molar-refractivity contribution < 1.29 is 28.6 Å². The summed E-state index contributed by atoms with van der Waals surface area (Å²) in [7, 11) is 0. The van der Waals surface area contributed by atoms with Crippen LogP contribution in [0.1, 0.15) is 111 Å². The first kappa shape index (κ1) is 34.4. The van der Waals surface area contributed by atoms with Gasteiger partial charge in [-0.05, 0) is 57.8 Å². The molecule has 0 rings (SSSR count). The normalized spacial score (nSPS) is 11.9. The number of rotatable bonds is 23. The van der Waals surface area contributed by atoms with Crippen LogP contribution in [-0.4, -0.2) is 37.2 Å². The second kappa shape index (κ2) is 26.4. The summed E-state index contributed by atoms with van der Waals surface area (Å²) in [6, 6.07) is 0. The summed E-state index contributed by atoms with van der Waals surface area (Å²) < 4.78 is 15.7. The summed E-state index contributed by atoms with van der Waals surface area (Å²) in [6.07, 6.45) is 28.0. The fourth-order valence-corrected chi connectivity index (χ4v) is 3.21. The van der Waals surface area contributed by atoms with Crippen molar-refractivity contribution in [2.45, 2.75) is 117 Å². The van der Waals surface area contributed by atoms with Gasteiger partial charge in [0.15, 0.2) is 6.10 Å². The van der Waals surface area contributed by atoms with Gasteiger partial charge in [-0.2, -0.15) is 0 Å². The Morgan fingerprint density at radius 3 is 1.46 bits per heavy atom. The van der Waals surface area contributed by atoms with E-state index in [1.54, 1.807) is 0 Å². The first-order chi connectivity index (χ1) is 18.0. The van der Waals surface area contributed by atoms with Gasteiger partial charge in [0.25, 0.3) is 0 Å². The summed E-state index contributed by atoms with van der Waals surface area (Å²) in [5, 5.41) is 0. The van der Waals surface area contributed by atoms with Gasteiger partial charge in [0.1, 0.15) is 13.2 Å². The molecule has 37 heavy (non-hydrogen) atoms. The Bertz CT molecular complexity index is 682. The molecule has 0 aromatic rings. The lowest BCUT2D eigenvalue weighted by Crippen LogP contribution is -2.30. The largest absolute Gasteiger partial charge is 0.462 e. The number of hydrogen-bond donors (Lipinski definition) is 0. The summed E-state index contributed by atoms with van der Waals surface area (Å²) >= 11 is 0. The van der Waals surface area contributed by atoms with Crippen molar-refractivity contribution in [1.82, 2.24) is 0 Å². The molecule has 0 heterocycles. The summed E-state index contributed by atoms with van der Waals surface area (Å²) in [6.45, 7) is 5.76. The Kier molecular flexibility index (Phi) is 24.6. The van der Waals surface area contributed by atoms with Gasteiger partial charge >= 0.3 is 17.9 Å². The molecule has 6 heteroatoms. The van der Waals surface area contributed by atoms with Gasteiger partial charge in [-0.3, -0.25) is 14.4 Å². The van der Waals surface area contributed by atoms with E-state index in [4.69, 9.17) is 14.2 Å². The fraction of sp³-hybridized carbons (Fsp3) is 0.645. The Morgan fingerprint density at radius 1 is 0.541 bits per heavy atom. The van der Waals surface area contributed by atoms with E-state index in [1.165, 1.54) is 25.7 Å². The quantitative estimate of drug-likeness (QED) is 0.0596. The monoisotopic (exact) mass is 518 g/mol. The minimum Gasteiger partial charge on any atom is -0.462 e. The number of carbonyl (C=O) groups is 3. The third-order valence-electron chi connectivity index (χ3n) is 5.28. The first-order valence-electron chi connectivity index (χ1n) is 14.1. The summed E-state index contributed by atoms with van der Waals surface area (Å²) in [4.78, 5) is 35.5. The third-order valence-corrected chi connectivity index (χ3v) is 5.28. The zero-order valence-electron chi connectivity index (χ0n) is 23.5. The minimum absolute atomic E-state index is 0.110. The third kappa shape index (κ3) is 24.8. The van der Waals surface area contributed by atoms with E-state index in [2.05, 4.69) is 55.5 Å². The zero-order chi connectivity index (χ0) is 27.4. The van der Waals surface area contributed by atoms with Crippen molar-refractivity contribution in [2.24, 2.45) is 0 Å². The van der Waals surface area contributed by atoms with Crippen LogP contribution < -0.4 is 0 Å². The maximum absolute atomic E-state index is 12.2. The fourth-order valence-electron chi connectivity index (χ4n) is 3.21. The molecule has 0 amide bonds. The van der Waals surface area contributed by atoms with E-state index >= 15 is 0 Å². The molecule has 0 saturated carbocycles. The predicted molar refractivity (Wildman–Crippen MR) is 150 cm³/mol. The van der Waals surface area contributed by atoms with Crippen molar-refractivity contribution in [3.63, 3.8) is 0 Å².